The van der Waals surface area contributed by atoms with Gasteiger partial charge in [0.05, 0.1) is 0 Å². The van der Waals surface area contributed by atoms with Crippen molar-refractivity contribution in [1.82, 2.24) is 0 Å². The van der Waals surface area contributed by atoms with Crippen molar-refractivity contribution in [1.29, 1.82) is 0 Å². The van der Waals surface area contributed by atoms with Gasteiger partial charge in [-0.1, -0.05) is 48.4 Å². The number of hydrogen-bond donors (Lipinski definition) is 1. The topological polar surface area (TPSA) is 26.0 Å². The van der Waals surface area contributed by atoms with Crippen LogP contribution in [0.3, 0.4) is 0 Å². The molecule has 1 aliphatic carbocycles. The lowest BCUT2D eigenvalue weighted by Crippen LogP contribution is -2.33. The number of allylic oxidation sites excluding steroid dienone is 1. The SMILES string of the molecule is C/C(=C/c1ccccc1)C1(CCN)CCC1. The molecule has 0 radical (unpaired) electrons. The van der Waals surface area contributed by atoms with Crippen LogP contribution in [0, 0.1) is 5.41 Å². The lowest BCUT2D eigenvalue weighted by molar-refractivity contribution is 0.175. The van der Waals surface area contributed by atoms with E-state index in [0.29, 0.717) is 5.41 Å². The molecular weight excluding hydrogens is 194 g/mol. The van der Waals surface area contributed by atoms with E-state index in [1.165, 1.54) is 30.4 Å². The zero-order valence-electron chi connectivity index (χ0n) is 10.1. The average molecular weight is 215 g/mol. The molecule has 1 aliphatic rings. The van der Waals surface area contributed by atoms with Gasteiger partial charge in [0.1, 0.15) is 0 Å². The van der Waals surface area contributed by atoms with E-state index in [-0.39, 0.29) is 0 Å². The van der Waals surface area contributed by atoms with Crippen LogP contribution >= 0.6 is 0 Å². The Morgan fingerprint density at radius 2 is 2.00 bits per heavy atom. The summed E-state index contributed by atoms with van der Waals surface area (Å²) in [6.45, 7) is 3.07. The Balaban J connectivity index is 2.17. The van der Waals surface area contributed by atoms with E-state index in [2.05, 4.69) is 43.3 Å². The van der Waals surface area contributed by atoms with Crippen LogP contribution in [0.25, 0.3) is 6.08 Å². The predicted octanol–water partition coefficient (Wildman–Crippen LogP) is 3.61. The van der Waals surface area contributed by atoms with Crippen LogP contribution in [0.1, 0.15) is 38.2 Å². The van der Waals surface area contributed by atoms with Crippen LogP contribution in [0.5, 0.6) is 0 Å². The normalized spacial score (nSPS) is 19.2. The molecule has 1 nitrogen and oxygen atoms in total. The molecule has 0 amide bonds. The van der Waals surface area contributed by atoms with Crippen molar-refractivity contribution in [3.05, 3.63) is 41.5 Å². The zero-order chi connectivity index (χ0) is 11.4. The summed E-state index contributed by atoms with van der Waals surface area (Å²) in [7, 11) is 0. The van der Waals surface area contributed by atoms with Crippen molar-refractivity contribution < 1.29 is 0 Å². The summed E-state index contributed by atoms with van der Waals surface area (Å²) in [5, 5.41) is 0. The third kappa shape index (κ3) is 2.19. The molecule has 0 aliphatic heterocycles. The maximum Gasteiger partial charge on any atom is -0.00689 e. The summed E-state index contributed by atoms with van der Waals surface area (Å²) in [5.41, 5.74) is 8.97. The van der Waals surface area contributed by atoms with Crippen molar-refractivity contribution in [2.45, 2.75) is 32.6 Å². The first kappa shape index (κ1) is 11.4. The summed E-state index contributed by atoms with van der Waals surface area (Å²) < 4.78 is 0. The largest absolute Gasteiger partial charge is 0.330 e. The minimum absolute atomic E-state index is 0.421. The van der Waals surface area contributed by atoms with Crippen LogP contribution in [-0.2, 0) is 0 Å². The molecule has 0 bridgehead atoms. The van der Waals surface area contributed by atoms with Crippen LogP contribution < -0.4 is 5.73 Å². The quantitative estimate of drug-likeness (QED) is 0.815. The number of benzene rings is 1. The average Bonchev–Trinajstić information content (AvgIpc) is 2.24. The molecule has 1 aromatic rings. The Morgan fingerprint density at radius 1 is 1.31 bits per heavy atom. The van der Waals surface area contributed by atoms with Crippen molar-refractivity contribution in [3.63, 3.8) is 0 Å². The fraction of sp³-hybridized carbons (Fsp3) is 0.467. The van der Waals surface area contributed by atoms with Crippen LogP contribution in [0.4, 0.5) is 0 Å². The second kappa shape index (κ2) is 4.84. The van der Waals surface area contributed by atoms with Gasteiger partial charge in [-0.3, -0.25) is 0 Å². The highest BCUT2D eigenvalue weighted by molar-refractivity contribution is 5.54. The molecule has 0 atom stereocenters. The fourth-order valence-corrected chi connectivity index (χ4v) is 2.67. The van der Waals surface area contributed by atoms with Gasteiger partial charge >= 0.3 is 0 Å². The van der Waals surface area contributed by atoms with E-state index >= 15 is 0 Å². The van der Waals surface area contributed by atoms with Crippen LogP contribution in [0.15, 0.2) is 35.9 Å². The Labute approximate surface area is 98.4 Å². The van der Waals surface area contributed by atoms with E-state index in [1.807, 2.05) is 0 Å². The Kier molecular flexibility index (Phi) is 3.45. The molecule has 1 saturated carbocycles. The third-order valence-corrected chi connectivity index (χ3v) is 3.95. The standard InChI is InChI=1S/C15H21N/c1-13(12-14-6-3-2-4-7-14)15(10-11-16)8-5-9-15/h2-4,6-7,12H,5,8-11,16H2,1H3/b13-12-. The van der Waals surface area contributed by atoms with Gasteiger partial charge in [0, 0.05) is 0 Å². The third-order valence-electron chi connectivity index (χ3n) is 3.95. The monoisotopic (exact) mass is 215 g/mol. The van der Waals surface area contributed by atoms with Gasteiger partial charge < -0.3 is 5.73 Å². The highest BCUT2D eigenvalue weighted by atomic mass is 14.6. The summed E-state index contributed by atoms with van der Waals surface area (Å²) in [6, 6.07) is 10.6. The van der Waals surface area contributed by atoms with Crippen LogP contribution in [-0.4, -0.2) is 6.54 Å². The lowest BCUT2D eigenvalue weighted by atomic mass is 9.62. The van der Waals surface area contributed by atoms with Gasteiger partial charge in [0.25, 0.3) is 0 Å². The highest BCUT2D eigenvalue weighted by Gasteiger charge is 2.37. The molecule has 1 fully saturated rings. The molecule has 0 aromatic heterocycles. The van der Waals surface area contributed by atoms with Gasteiger partial charge in [-0.2, -0.15) is 0 Å². The number of hydrogen-bond acceptors (Lipinski definition) is 1. The van der Waals surface area contributed by atoms with Gasteiger partial charge in [0.2, 0.25) is 0 Å². The summed E-state index contributed by atoms with van der Waals surface area (Å²) in [4.78, 5) is 0. The molecule has 2 rings (SSSR count). The van der Waals surface area contributed by atoms with Crippen molar-refractivity contribution in [2.24, 2.45) is 11.1 Å². The fourth-order valence-electron chi connectivity index (χ4n) is 2.67. The van der Waals surface area contributed by atoms with Gasteiger partial charge in [-0.25, -0.2) is 0 Å². The highest BCUT2D eigenvalue weighted by Crippen LogP contribution is 2.49. The summed E-state index contributed by atoms with van der Waals surface area (Å²) in [5.74, 6) is 0. The first-order valence-electron chi connectivity index (χ1n) is 6.21. The first-order chi connectivity index (χ1) is 7.77. The molecule has 0 unspecified atom stereocenters. The summed E-state index contributed by atoms with van der Waals surface area (Å²) in [6.07, 6.45) is 7.47. The van der Waals surface area contributed by atoms with Crippen molar-refractivity contribution in [2.75, 3.05) is 6.54 Å². The molecule has 0 saturated heterocycles. The number of nitrogens with two attached hydrogens (primary N) is 1. The predicted molar refractivity (Wildman–Crippen MR) is 70.0 cm³/mol. The van der Waals surface area contributed by atoms with Gasteiger partial charge in [-0.05, 0) is 43.7 Å². The molecule has 16 heavy (non-hydrogen) atoms. The van der Waals surface area contributed by atoms with Gasteiger partial charge in [-0.15, -0.1) is 0 Å². The second-order valence-electron chi connectivity index (χ2n) is 4.91. The second-order valence-corrected chi connectivity index (χ2v) is 4.91. The van der Waals surface area contributed by atoms with E-state index in [4.69, 9.17) is 5.73 Å². The smallest absolute Gasteiger partial charge is 0.00689 e. The Bertz CT molecular complexity index is 360. The van der Waals surface area contributed by atoms with E-state index in [1.54, 1.807) is 0 Å². The zero-order valence-corrected chi connectivity index (χ0v) is 10.1. The van der Waals surface area contributed by atoms with Crippen molar-refractivity contribution in [3.8, 4) is 0 Å². The molecule has 0 spiro atoms. The Hall–Kier alpha value is -1.08. The first-order valence-corrected chi connectivity index (χ1v) is 6.21. The van der Waals surface area contributed by atoms with E-state index in [0.717, 1.165) is 13.0 Å². The summed E-state index contributed by atoms with van der Waals surface area (Å²) >= 11 is 0. The van der Waals surface area contributed by atoms with Crippen LogP contribution in [0.2, 0.25) is 0 Å². The van der Waals surface area contributed by atoms with E-state index < -0.39 is 0 Å². The number of rotatable bonds is 4. The maximum absolute atomic E-state index is 5.73. The molecule has 2 N–H and O–H groups in total. The molecule has 1 aromatic carbocycles. The molecule has 0 heterocycles. The van der Waals surface area contributed by atoms with E-state index in [9.17, 15) is 0 Å². The molecule has 1 heteroatoms. The maximum atomic E-state index is 5.73. The minimum atomic E-state index is 0.421. The molecule has 86 valence electrons. The Morgan fingerprint density at radius 3 is 2.50 bits per heavy atom. The van der Waals surface area contributed by atoms with Gasteiger partial charge in [0.15, 0.2) is 0 Å². The minimum Gasteiger partial charge on any atom is -0.330 e. The molecular formula is C15H21N. The lowest BCUT2D eigenvalue weighted by Gasteiger charge is -2.43. The van der Waals surface area contributed by atoms with Crippen molar-refractivity contribution >= 4 is 6.08 Å².